The number of hydrogen-bond donors (Lipinski definition) is 1. The number of esters is 1. The Labute approximate surface area is 168 Å². The Kier molecular flexibility index (Phi) is 6.46. The highest BCUT2D eigenvalue weighted by atomic mass is 16.6. The molecule has 0 spiro atoms. The van der Waals surface area contributed by atoms with Gasteiger partial charge in [0.05, 0.1) is 10.8 Å². The van der Waals surface area contributed by atoms with Gasteiger partial charge in [-0.2, -0.15) is 0 Å². The van der Waals surface area contributed by atoms with Gasteiger partial charge in [-0.1, -0.05) is 25.3 Å². The Morgan fingerprint density at radius 1 is 1.28 bits per heavy atom. The van der Waals surface area contributed by atoms with Crippen molar-refractivity contribution in [2.75, 3.05) is 18.5 Å². The number of aryl methyl sites for hydroxylation is 1. The molecule has 1 aliphatic heterocycles. The maximum absolute atomic E-state index is 12.3. The van der Waals surface area contributed by atoms with Crippen molar-refractivity contribution in [1.82, 2.24) is 4.90 Å². The van der Waals surface area contributed by atoms with Gasteiger partial charge >= 0.3 is 5.97 Å². The van der Waals surface area contributed by atoms with Gasteiger partial charge in [-0.3, -0.25) is 24.5 Å². The normalized spacial score (nSPS) is 19.8. The quantitative estimate of drug-likeness (QED) is 0.443. The van der Waals surface area contributed by atoms with Crippen LogP contribution in [0.15, 0.2) is 18.2 Å². The topological polar surface area (TPSA) is 119 Å². The summed E-state index contributed by atoms with van der Waals surface area (Å²) >= 11 is 0. The average molecular weight is 403 g/mol. The number of carbonyl (C=O) groups excluding carboxylic acids is 3. The van der Waals surface area contributed by atoms with Crippen molar-refractivity contribution in [2.45, 2.75) is 51.5 Å². The molecule has 1 N–H and O–H groups in total. The minimum absolute atomic E-state index is 0.0322. The number of nitrogens with one attached hydrogen (secondary N) is 1. The van der Waals surface area contributed by atoms with Gasteiger partial charge in [0, 0.05) is 36.3 Å². The molecule has 2 amide bonds. The summed E-state index contributed by atoms with van der Waals surface area (Å²) < 4.78 is 5.08. The van der Waals surface area contributed by atoms with E-state index in [0.717, 1.165) is 25.7 Å². The first-order valence-corrected chi connectivity index (χ1v) is 9.86. The molecule has 0 aromatic heterocycles. The summed E-state index contributed by atoms with van der Waals surface area (Å²) in [6, 6.07) is 4.53. The van der Waals surface area contributed by atoms with E-state index in [-0.39, 0.29) is 29.7 Å². The van der Waals surface area contributed by atoms with E-state index >= 15 is 0 Å². The Morgan fingerprint density at radius 2 is 2.00 bits per heavy atom. The first-order chi connectivity index (χ1) is 13.8. The lowest BCUT2D eigenvalue weighted by Gasteiger charge is -2.31. The third kappa shape index (κ3) is 5.10. The van der Waals surface area contributed by atoms with Gasteiger partial charge in [0.1, 0.15) is 0 Å². The number of nitro groups is 1. The van der Waals surface area contributed by atoms with E-state index in [1.165, 1.54) is 18.6 Å². The Bertz CT molecular complexity index is 818. The molecule has 9 heteroatoms. The first-order valence-electron chi connectivity index (χ1n) is 9.86. The van der Waals surface area contributed by atoms with E-state index in [1.54, 1.807) is 17.9 Å². The predicted octanol–water partition coefficient (Wildman–Crippen LogP) is 2.57. The number of nitro benzene ring substituents is 1. The van der Waals surface area contributed by atoms with Crippen LogP contribution in [0.25, 0.3) is 0 Å². The van der Waals surface area contributed by atoms with Crippen LogP contribution in [-0.2, 0) is 19.1 Å². The smallest absolute Gasteiger partial charge is 0.311 e. The molecule has 0 bridgehead atoms. The molecule has 1 atom stereocenters. The number of ether oxygens (including phenoxy) is 1. The Morgan fingerprint density at radius 3 is 2.69 bits per heavy atom. The van der Waals surface area contributed by atoms with E-state index in [4.69, 9.17) is 4.74 Å². The van der Waals surface area contributed by atoms with Gasteiger partial charge in [0.15, 0.2) is 6.61 Å². The van der Waals surface area contributed by atoms with Gasteiger partial charge in [0.2, 0.25) is 5.91 Å². The van der Waals surface area contributed by atoms with E-state index in [9.17, 15) is 24.5 Å². The lowest BCUT2D eigenvalue weighted by atomic mass is 9.94. The summed E-state index contributed by atoms with van der Waals surface area (Å²) in [5.74, 6) is -1.75. The van der Waals surface area contributed by atoms with Gasteiger partial charge < -0.3 is 15.0 Å². The summed E-state index contributed by atoms with van der Waals surface area (Å²) in [5.41, 5.74) is 0.628. The number of amides is 2. The van der Waals surface area contributed by atoms with Crippen molar-refractivity contribution in [2.24, 2.45) is 5.92 Å². The number of anilines is 1. The van der Waals surface area contributed by atoms with Crippen LogP contribution in [0.1, 0.15) is 44.1 Å². The fourth-order valence-corrected chi connectivity index (χ4v) is 3.97. The molecule has 0 unspecified atom stereocenters. The van der Waals surface area contributed by atoms with Crippen LogP contribution >= 0.6 is 0 Å². The zero-order chi connectivity index (χ0) is 21.0. The van der Waals surface area contributed by atoms with Crippen LogP contribution in [0.4, 0.5) is 11.4 Å². The molecule has 1 aromatic rings. The highest BCUT2D eigenvalue weighted by Gasteiger charge is 2.39. The van der Waals surface area contributed by atoms with Crippen molar-refractivity contribution in [3.8, 4) is 0 Å². The van der Waals surface area contributed by atoms with Crippen LogP contribution in [0, 0.1) is 23.0 Å². The summed E-state index contributed by atoms with van der Waals surface area (Å²) in [6.07, 6.45) is 5.43. The molecule has 29 heavy (non-hydrogen) atoms. The van der Waals surface area contributed by atoms with Crippen LogP contribution in [0.5, 0.6) is 0 Å². The average Bonchev–Trinajstić information content (AvgIpc) is 3.10. The molecule has 1 saturated carbocycles. The lowest BCUT2D eigenvalue weighted by Crippen LogP contribution is -2.38. The molecule has 9 nitrogen and oxygen atoms in total. The number of nitrogens with zero attached hydrogens (tertiary/aromatic N) is 2. The lowest BCUT2D eigenvalue weighted by molar-refractivity contribution is -0.385. The molecule has 2 aliphatic rings. The summed E-state index contributed by atoms with van der Waals surface area (Å²) in [5, 5.41) is 13.5. The molecule has 2 fully saturated rings. The highest BCUT2D eigenvalue weighted by Crippen LogP contribution is 2.29. The van der Waals surface area contributed by atoms with E-state index in [0.29, 0.717) is 12.1 Å². The minimum Gasteiger partial charge on any atom is -0.455 e. The maximum atomic E-state index is 12.3. The van der Waals surface area contributed by atoms with Gasteiger partial charge in [-0.15, -0.1) is 0 Å². The highest BCUT2D eigenvalue weighted by molar-refractivity contribution is 5.94. The van der Waals surface area contributed by atoms with Crippen LogP contribution in [0.3, 0.4) is 0 Å². The predicted molar refractivity (Wildman–Crippen MR) is 104 cm³/mol. The van der Waals surface area contributed by atoms with Gasteiger partial charge in [-0.25, -0.2) is 0 Å². The van der Waals surface area contributed by atoms with E-state index < -0.39 is 29.3 Å². The fraction of sp³-hybridized carbons (Fsp3) is 0.550. The second-order valence-corrected chi connectivity index (χ2v) is 7.65. The van der Waals surface area contributed by atoms with Crippen molar-refractivity contribution >= 4 is 29.2 Å². The van der Waals surface area contributed by atoms with Crippen molar-refractivity contribution in [3.63, 3.8) is 0 Å². The Hall–Kier alpha value is -2.97. The fourth-order valence-electron chi connectivity index (χ4n) is 3.97. The number of hydrogen-bond acceptors (Lipinski definition) is 6. The monoisotopic (exact) mass is 403 g/mol. The van der Waals surface area contributed by atoms with Gasteiger partial charge in [-0.05, 0) is 25.8 Å². The SMILES string of the molecule is Cc1ccc(NC(=O)COC(=O)[C@@H]2CC(=O)N(C3CCCCC3)C2)cc1[N+](=O)[O-]. The van der Waals surface area contributed by atoms with E-state index in [2.05, 4.69) is 5.32 Å². The second kappa shape index (κ2) is 9.02. The number of likely N-dealkylation sites (tertiary alicyclic amines) is 1. The number of carbonyl (C=O) groups is 3. The molecule has 1 saturated heterocycles. The molecule has 0 radical (unpaired) electrons. The van der Waals surface area contributed by atoms with Crippen molar-refractivity contribution in [3.05, 3.63) is 33.9 Å². The summed E-state index contributed by atoms with van der Waals surface area (Å²) in [6.45, 7) is 1.44. The minimum atomic E-state index is -0.593. The molecule has 156 valence electrons. The Balaban J connectivity index is 1.49. The third-order valence-corrected chi connectivity index (χ3v) is 5.54. The number of rotatable bonds is 6. The standard InChI is InChI=1S/C20H25N3O6/c1-13-7-8-15(10-17(13)23(27)28)21-18(24)12-29-20(26)14-9-19(25)22(11-14)16-5-3-2-4-6-16/h7-8,10,14,16H,2-6,9,11-12H2,1H3,(H,21,24)/t14-/m1/s1. The maximum Gasteiger partial charge on any atom is 0.311 e. The zero-order valence-electron chi connectivity index (χ0n) is 16.4. The first kappa shape index (κ1) is 20.8. The number of benzene rings is 1. The second-order valence-electron chi connectivity index (χ2n) is 7.65. The van der Waals surface area contributed by atoms with Crippen molar-refractivity contribution in [1.29, 1.82) is 0 Å². The van der Waals surface area contributed by atoms with Crippen LogP contribution in [0.2, 0.25) is 0 Å². The molecule has 1 aromatic carbocycles. The molecule has 3 rings (SSSR count). The van der Waals surface area contributed by atoms with Crippen molar-refractivity contribution < 1.29 is 24.0 Å². The molecular weight excluding hydrogens is 378 g/mol. The third-order valence-electron chi connectivity index (χ3n) is 5.54. The molecular formula is C20H25N3O6. The van der Waals surface area contributed by atoms with E-state index in [1.807, 2.05) is 0 Å². The largest absolute Gasteiger partial charge is 0.455 e. The van der Waals surface area contributed by atoms with Crippen LogP contribution in [-0.4, -0.2) is 46.8 Å². The van der Waals surface area contributed by atoms with Gasteiger partial charge in [0.25, 0.3) is 11.6 Å². The summed E-state index contributed by atoms with van der Waals surface area (Å²) in [7, 11) is 0. The molecule has 1 heterocycles. The van der Waals surface area contributed by atoms with Crippen LogP contribution < -0.4 is 5.32 Å². The zero-order valence-corrected chi connectivity index (χ0v) is 16.4. The summed E-state index contributed by atoms with van der Waals surface area (Å²) in [4.78, 5) is 48.8. The molecule has 1 aliphatic carbocycles.